The van der Waals surface area contributed by atoms with E-state index in [1.54, 1.807) is 36.4 Å². The molecular formula is C20H27O9P. The van der Waals surface area contributed by atoms with Crippen molar-refractivity contribution in [1.29, 1.82) is 0 Å². The molecule has 2 aromatic rings. The number of hydrogen-bond acceptors (Lipinski definition) is 7. The van der Waals surface area contributed by atoms with E-state index in [9.17, 15) is 19.9 Å². The number of aliphatic hydroxyl groups excluding tert-OH is 3. The van der Waals surface area contributed by atoms with E-state index >= 15 is 0 Å². The van der Waals surface area contributed by atoms with Gasteiger partial charge in [-0.05, 0) is 11.1 Å². The second kappa shape index (κ2) is 12.3. The monoisotopic (exact) mass is 442 g/mol. The van der Waals surface area contributed by atoms with Crippen LogP contribution in [0, 0.1) is 0 Å². The Morgan fingerprint density at radius 1 is 0.767 bits per heavy atom. The predicted molar refractivity (Wildman–Crippen MR) is 107 cm³/mol. The first-order valence-electron chi connectivity index (χ1n) is 9.28. The van der Waals surface area contributed by atoms with E-state index in [4.69, 9.17) is 19.3 Å². The molecule has 0 spiro atoms. The van der Waals surface area contributed by atoms with Gasteiger partial charge in [-0.1, -0.05) is 60.7 Å². The largest absolute Gasteiger partial charge is 0.469 e. The van der Waals surface area contributed by atoms with Crippen LogP contribution in [0.25, 0.3) is 0 Å². The Hall–Kier alpha value is -1.65. The van der Waals surface area contributed by atoms with Crippen molar-refractivity contribution in [3.63, 3.8) is 0 Å². The van der Waals surface area contributed by atoms with Crippen LogP contribution in [0.5, 0.6) is 0 Å². The lowest BCUT2D eigenvalue weighted by Gasteiger charge is -2.33. The first kappa shape index (κ1) is 24.6. The van der Waals surface area contributed by atoms with E-state index in [1.165, 1.54) is 0 Å². The molecule has 4 atom stereocenters. The molecular weight excluding hydrogens is 415 g/mol. The molecule has 0 saturated carbocycles. The number of aliphatic hydroxyl groups is 3. The van der Waals surface area contributed by atoms with Crippen LogP contribution in [0.15, 0.2) is 60.7 Å². The number of rotatable bonds is 13. The van der Waals surface area contributed by atoms with Crippen LogP contribution in [0.1, 0.15) is 11.1 Å². The van der Waals surface area contributed by atoms with Crippen molar-refractivity contribution in [1.82, 2.24) is 0 Å². The van der Waals surface area contributed by atoms with E-state index in [1.807, 2.05) is 24.3 Å². The molecule has 0 heterocycles. The van der Waals surface area contributed by atoms with E-state index in [0.29, 0.717) is 0 Å². The maximum atomic E-state index is 11.0. The maximum absolute atomic E-state index is 11.0. The zero-order chi connectivity index (χ0) is 22.0. The van der Waals surface area contributed by atoms with E-state index < -0.39 is 45.5 Å². The molecule has 0 bridgehead atoms. The summed E-state index contributed by atoms with van der Waals surface area (Å²) in [4.78, 5) is 17.8. The van der Waals surface area contributed by atoms with Crippen LogP contribution in [0.3, 0.4) is 0 Å². The first-order chi connectivity index (χ1) is 14.3. The summed E-state index contributed by atoms with van der Waals surface area (Å²) in [5.41, 5.74) is 1.56. The Morgan fingerprint density at radius 2 is 1.20 bits per heavy atom. The van der Waals surface area contributed by atoms with Gasteiger partial charge in [-0.25, -0.2) is 4.57 Å². The van der Waals surface area contributed by atoms with Crippen molar-refractivity contribution in [3.8, 4) is 0 Å². The van der Waals surface area contributed by atoms with Crippen LogP contribution in [0.2, 0.25) is 0 Å². The molecule has 0 saturated heterocycles. The van der Waals surface area contributed by atoms with Gasteiger partial charge in [0.25, 0.3) is 0 Å². The molecule has 0 aromatic heterocycles. The third kappa shape index (κ3) is 8.61. The SMILES string of the molecule is O=P(O)(O)OC[C@H](O)[C@@H](OCc1ccccc1)[C@H](OCc1ccccc1)[C@H](O)CO. The van der Waals surface area contributed by atoms with Gasteiger partial charge < -0.3 is 34.6 Å². The number of benzene rings is 2. The standard InChI is InChI=1S/C20H27O9P/c21-11-17(22)19(27-12-15-7-3-1-4-8-15)20(18(23)14-29-30(24,25)26)28-13-16-9-5-2-6-10-16/h1-10,17-23H,11-14H2,(H2,24,25,26)/t17-,18+,19-,20-/m1/s1. The molecule has 166 valence electrons. The predicted octanol–water partition coefficient (Wildman–Crippen LogP) is 0.981. The van der Waals surface area contributed by atoms with Gasteiger partial charge in [0, 0.05) is 0 Å². The first-order valence-corrected chi connectivity index (χ1v) is 10.8. The highest BCUT2D eigenvalue weighted by atomic mass is 31.2. The average Bonchev–Trinajstić information content (AvgIpc) is 2.74. The second-order valence-electron chi connectivity index (χ2n) is 6.63. The number of phosphoric ester groups is 1. The molecule has 0 aliphatic heterocycles. The van der Waals surface area contributed by atoms with Crippen molar-refractivity contribution in [2.24, 2.45) is 0 Å². The molecule has 9 nitrogen and oxygen atoms in total. The van der Waals surface area contributed by atoms with Crippen LogP contribution in [-0.4, -0.2) is 62.7 Å². The number of hydrogen-bond donors (Lipinski definition) is 5. The third-order valence-corrected chi connectivity index (χ3v) is 4.74. The van der Waals surface area contributed by atoms with Gasteiger partial charge in [0.1, 0.15) is 24.4 Å². The molecule has 0 unspecified atom stereocenters. The summed E-state index contributed by atoms with van der Waals surface area (Å²) in [6.45, 7) is -1.34. The highest BCUT2D eigenvalue weighted by Crippen LogP contribution is 2.36. The summed E-state index contributed by atoms with van der Waals surface area (Å²) < 4.78 is 26.9. The Morgan fingerprint density at radius 3 is 1.60 bits per heavy atom. The topological polar surface area (TPSA) is 146 Å². The van der Waals surface area contributed by atoms with Crippen molar-refractivity contribution in [2.45, 2.75) is 37.6 Å². The Labute approximate surface area is 174 Å². The Bertz CT molecular complexity index is 768. The van der Waals surface area contributed by atoms with E-state index in [2.05, 4.69) is 4.52 Å². The fourth-order valence-electron chi connectivity index (χ4n) is 2.76. The summed E-state index contributed by atoms with van der Waals surface area (Å²) in [5.74, 6) is 0. The molecule has 2 rings (SSSR count). The van der Waals surface area contributed by atoms with Crippen molar-refractivity contribution >= 4 is 7.82 Å². The normalized spacial score (nSPS) is 16.0. The Kier molecular flexibility index (Phi) is 10.1. The summed E-state index contributed by atoms with van der Waals surface area (Å²) in [7, 11) is -4.83. The van der Waals surface area contributed by atoms with Gasteiger partial charge in [-0.2, -0.15) is 0 Å². The average molecular weight is 442 g/mol. The molecule has 2 aromatic carbocycles. The number of phosphoric acid groups is 1. The molecule has 0 fully saturated rings. The molecule has 30 heavy (non-hydrogen) atoms. The van der Waals surface area contributed by atoms with Crippen LogP contribution >= 0.6 is 7.82 Å². The second-order valence-corrected chi connectivity index (χ2v) is 7.87. The van der Waals surface area contributed by atoms with Gasteiger partial charge in [-0.15, -0.1) is 0 Å². The third-order valence-electron chi connectivity index (χ3n) is 4.25. The highest BCUT2D eigenvalue weighted by Gasteiger charge is 2.36. The van der Waals surface area contributed by atoms with Crippen molar-refractivity contribution < 1.29 is 43.7 Å². The minimum Gasteiger partial charge on any atom is -0.394 e. The van der Waals surface area contributed by atoms with Crippen LogP contribution < -0.4 is 0 Å². The van der Waals surface area contributed by atoms with Crippen molar-refractivity contribution in [3.05, 3.63) is 71.8 Å². The fraction of sp³-hybridized carbons (Fsp3) is 0.400. The van der Waals surface area contributed by atoms with Crippen molar-refractivity contribution in [2.75, 3.05) is 13.2 Å². The lowest BCUT2D eigenvalue weighted by atomic mass is 10.0. The van der Waals surface area contributed by atoms with Gasteiger partial charge in [0.05, 0.1) is 26.4 Å². The minimum absolute atomic E-state index is 0.0296. The lowest BCUT2D eigenvalue weighted by molar-refractivity contribution is -0.176. The van der Waals surface area contributed by atoms with Crippen LogP contribution in [0.4, 0.5) is 0 Å². The summed E-state index contributed by atoms with van der Waals surface area (Å²) >= 11 is 0. The van der Waals surface area contributed by atoms with Gasteiger partial charge in [0.2, 0.25) is 0 Å². The van der Waals surface area contributed by atoms with Gasteiger partial charge in [0.15, 0.2) is 0 Å². The lowest BCUT2D eigenvalue weighted by Crippen LogP contribution is -2.50. The number of ether oxygens (including phenoxy) is 2. The van der Waals surface area contributed by atoms with E-state index in [0.717, 1.165) is 11.1 Å². The fourth-order valence-corrected chi connectivity index (χ4v) is 3.10. The molecule has 0 radical (unpaired) electrons. The Balaban J connectivity index is 2.17. The summed E-state index contributed by atoms with van der Waals surface area (Å²) in [6.07, 6.45) is -5.42. The van der Waals surface area contributed by atoms with Gasteiger partial charge >= 0.3 is 7.82 Å². The zero-order valence-corrected chi connectivity index (χ0v) is 17.1. The molecule has 10 heteroatoms. The highest BCUT2D eigenvalue weighted by molar-refractivity contribution is 7.46. The molecule has 5 N–H and O–H groups in total. The molecule has 0 amide bonds. The molecule has 0 aliphatic rings. The van der Waals surface area contributed by atoms with Crippen LogP contribution in [-0.2, 0) is 31.8 Å². The van der Waals surface area contributed by atoms with E-state index in [-0.39, 0.29) is 13.2 Å². The summed E-state index contributed by atoms with van der Waals surface area (Å²) in [5, 5.41) is 30.2. The smallest absolute Gasteiger partial charge is 0.394 e. The maximum Gasteiger partial charge on any atom is 0.469 e. The zero-order valence-electron chi connectivity index (χ0n) is 16.2. The van der Waals surface area contributed by atoms with Gasteiger partial charge in [-0.3, -0.25) is 4.52 Å². The summed E-state index contributed by atoms with van der Waals surface area (Å²) in [6, 6.07) is 18.1. The quantitative estimate of drug-likeness (QED) is 0.287. The molecule has 0 aliphatic carbocycles. The minimum atomic E-state index is -4.83.